The molecule has 1 aliphatic heterocycles. The van der Waals surface area contributed by atoms with E-state index in [0.29, 0.717) is 17.4 Å². The molecule has 1 saturated heterocycles. The van der Waals surface area contributed by atoms with Crippen LogP contribution in [0.3, 0.4) is 0 Å². The highest BCUT2D eigenvalue weighted by Gasteiger charge is 2.35. The van der Waals surface area contributed by atoms with E-state index in [-0.39, 0.29) is 36.0 Å². The Hall–Kier alpha value is -4.05. The number of rotatable bonds is 9. The highest BCUT2D eigenvalue weighted by molar-refractivity contribution is 7.92. The van der Waals surface area contributed by atoms with Crippen LogP contribution in [0.2, 0.25) is 0 Å². The van der Waals surface area contributed by atoms with Crippen molar-refractivity contribution < 1.29 is 26.4 Å². The fourth-order valence-corrected chi connectivity index (χ4v) is 4.39. The van der Waals surface area contributed by atoms with Crippen LogP contribution >= 0.6 is 0 Å². The first-order chi connectivity index (χ1) is 18.9. The van der Waals surface area contributed by atoms with Crippen LogP contribution in [0.15, 0.2) is 42.9 Å². The third-order valence-electron chi connectivity index (χ3n) is 6.14. The molecule has 1 aromatic carbocycles. The maximum absolute atomic E-state index is 13.7. The predicted octanol–water partition coefficient (Wildman–Crippen LogP) is 2.52. The average molecular weight is 580 g/mol. The van der Waals surface area contributed by atoms with E-state index in [9.17, 15) is 26.4 Å². The molecule has 4 N–H and O–H groups in total. The lowest BCUT2D eigenvalue weighted by molar-refractivity contribution is -0.137. The molecule has 1 fully saturated rings. The van der Waals surface area contributed by atoms with E-state index in [2.05, 4.69) is 41.2 Å². The number of benzene rings is 1. The molecule has 0 bridgehead atoms. The number of halogens is 3. The average Bonchev–Trinajstić information content (AvgIpc) is 2.91. The molecule has 1 amide bonds. The van der Waals surface area contributed by atoms with Gasteiger partial charge in [0.25, 0.3) is 5.91 Å². The maximum Gasteiger partial charge on any atom is 0.421 e. The van der Waals surface area contributed by atoms with Gasteiger partial charge < -0.3 is 21.3 Å². The van der Waals surface area contributed by atoms with Crippen LogP contribution in [0, 0.1) is 0 Å². The first kappa shape index (κ1) is 28.9. The molecule has 40 heavy (non-hydrogen) atoms. The van der Waals surface area contributed by atoms with Crippen molar-refractivity contribution in [3.63, 3.8) is 0 Å². The summed E-state index contributed by atoms with van der Waals surface area (Å²) in [5.41, 5.74) is -0.131. The molecule has 0 aliphatic carbocycles. The van der Waals surface area contributed by atoms with Gasteiger partial charge in [0, 0.05) is 42.9 Å². The Labute approximate surface area is 228 Å². The summed E-state index contributed by atoms with van der Waals surface area (Å²) in [5, 5.41) is 11.6. The van der Waals surface area contributed by atoms with Gasteiger partial charge in [-0.25, -0.2) is 18.4 Å². The first-order valence-corrected chi connectivity index (χ1v) is 14.1. The number of anilines is 4. The normalized spacial score (nSPS) is 14.4. The van der Waals surface area contributed by atoms with Crippen molar-refractivity contribution in [1.29, 1.82) is 0 Å². The molecule has 3 heterocycles. The minimum atomic E-state index is -4.76. The van der Waals surface area contributed by atoms with Gasteiger partial charge in [-0.3, -0.25) is 14.1 Å². The summed E-state index contributed by atoms with van der Waals surface area (Å²) in [6.07, 6.45) is 1.11. The molecular formula is C24H28F3N9O3S. The third-order valence-corrected chi connectivity index (χ3v) is 7.31. The van der Waals surface area contributed by atoms with E-state index >= 15 is 0 Å². The standard InChI is InChI=1S/C24H28F3N9O3S/c1-36(40(2,38)39)21-19(29-11-12-30-21)14-31-20-18(24(25,26)27)13-32-23(35-20)34-16-5-3-15(4-6-16)22(37)33-17-7-9-28-10-8-17/h3-6,11-13,17,28H,7-10,14H2,1-2H3,(H,33,37)(H2,31,32,34,35). The molecule has 12 nitrogen and oxygen atoms in total. The molecular weight excluding hydrogens is 551 g/mol. The number of aromatic nitrogens is 4. The number of sulfonamides is 1. The second-order valence-corrected chi connectivity index (χ2v) is 11.1. The van der Waals surface area contributed by atoms with Gasteiger partial charge in [0.05, 0.1) is 12.8 Å². The fraction of sp³-hybridized carbons (Fsp3) is 0.375. The Morgan fingerprint density at radius 1 is 1.10 bits per heavy atom. The number of nitrogens with zero attached hydrogens (tertiary/aromatic N) is 5. The lowest BCUT2D eigenvalue weighted by Crippen LogP contribution is -2.42. The van der Waals surface area contributed by atoms with Crippen molar-refractivity contribution in [1.82, 2.24) is 30.6 Å². The number of hydrogen-bond acceptors (Lipinski definition) is 10. The van der Waals surface area contributed by atoms with Gasteiger partial charge in [-0.15, -0.1) is 0 Å². The van der Waals surface area contributed by atoms with Crippen molar-refractivity contribution in [2.75, 3.05) is 41.3 Å². The van der Waals surface area contributed by atoms with Crippen molar-refractivity contribution in [3.05, 3.63) is 59.7 Å². The van der Waals surface area contributed by atoms with Crippen LogP contribution < -0.4 is 25.6 Å². The number of carbonyl (C=O) groups excluding carboxylic acids is 1. The van der Waals surface area contributed by atoms with Crippen molar-refractivity contribution in [3.8, 4) is 0 Å². The lowest BCUT2D eigenvalue weighted by atomic mass is 10.1. The summed E-state index contributed by atoms with van der Waals surface area (Å²) in [4.78, 5) is 28.4. The lowest BCUT2D eigenvalue weighted by Gasteiger charge is -2.23. The topological polar surface area (TPSA) is 154 Å². The zero-order valence-corrected chi connectivity index (χ0v) is 22.5. The van der Waals surface area contributed by atoms with E-state index in [1.807, 2.05) is 0 Å². The molecule has 3 aromatic rings. The Bertz CT molecular complexity index is 1450. The molecule has 4 rings (SSSR count). The van der Waals surface area contributed by atoms with Gasteiger partial charge in [-0.05, 0) is 50.2 Å². The number of amides is 1. The Kier molecular flexibility index (Phi) is 8.68. The largest absolute Gasteiger partial charge is 0.421 e. The highest BCUT2D eigenvalue weighted by Crippen LogP contribution is 2.34. The predicted molar refractivity (Wildman–Crippen MR) is 143 cm³/mol. The summed E-state index contributed by atoms with van der Waals surface area (Å²) in [5.74, 6) is -0.917. The van der Waals surface area contributed by atoms with Gasteiger partial charge in [-0.2, -0.15) is 18.2 Å². The number of alkyl halides is 3. The minimum Gasteiger partial charge on any atom is -0.364 e. The maximum atomic E-state index is 13.7. The quantitative estimate of drug-likeness (QED) is 0.297. The van der Waals surface area contributed by atoms with Crippen LogP contribution in [0.25, 0.3) is 0 Å². The molecule has 0 saturated carbocycles. The van der Waals surface area contributed by atoms with Gasteiger partial charge in [0.2, 0.25) is 16.0 Å². The van der Waals surface area contributed by atoms with E-state index in [4.69, 9.17) is 0 Å². The SMILES string of the molecule is CN(c1nccnc1CNc1nc(Nc2ccc(C(=O)NC3CCNCC3)cc2)ncc1C(F)(F)F)S(C)(=O)=O. The minimum absolute atomic E-state index is 0.0391. The molecule has 2 aromatic heterocycles. The monoisotopic (exact) mass is 579 g/mol. The molecule has 214 valence electrons. The number of carbonyl (C=O) groups is 1. The molecule has 1 aliphatic rings. The summed E-state index contributed by atoms with van der Waals surface area (Å²) in [7, 11) is -2.43. The molecule has 0 spiro atoms. The second-order valence-electron chi connectivity index (χ2n) is 9.06. The van der Waals surface area contributed by atoms with Crippen molar-refractivity contribution >= 4 is 39.2 Å². The van der Waals surface area contributed by atoms with E-state index < -0.39 is 27.6 Å². The second kappa shape index (κ2) is 12.0. The zero-order chi connectivity index (χ0) is 28.9. The van der Waals surface area contributed by atoms with Crippen LogP contribution in [0.5, 0.6) is 0 Å². The van der Waals surface area contributed by atoms with Crippen LogP contribution in [-0.4, -0.2) is 66.7 Å². The summed E-state index contributed by atoms with van der Waals surface area (Å²) in [6.45, 7) is 1.38. The smallest absolute Gasteiger partial charge is 0.364 e. The Balaban J connectivity index is 1.50. The Morgan fingerprint density at radius 3 is 2.42 bits per heavy atom. The van der Waals surface area contributed by atoms with Gasteiger partial charge >= 0.3 is 6.18 Å². The van der Waals surface area contributed by atoms with Gasteiger partial charge in [0.15, 0.2) is 5.82 Å². The molecule has 16 heteroatoms. The van der Waals surface area contributed by atoms with Crippen molar-refractivity contribution in [2.24, 2.45) is 0 Å². The van der Waals surface area contributed by atoms with E-state index in [1.165, 1.54) is 19.4 Å². The summed E-state index contributed by atoms with van der Waals surface area (Å²) >= 11 is 0. The zero-order valence-electron chi connectivity index (χ0n) is 21.7. The molecule has 0 radical (unpaired) electrons. The van der Waals surface area contributed by atoms with Crippen molar-refractivity contribution in [2.45, 2.75) is 31.6 Å². The van der Waals surface area contributed by atoms with E-state index in [0.717, 1.165) is 36.5 Å². The van der Waals surface area contributed by atoms with E-state index in [1.54, 1.807) is 24.3 Å². The highest BCUT2D eigenvalue weighted by atomic mass is 32.2. The van der Waals surface area contributed by atoms with Crippen LogP contribution in [-0.2, 0) is 22.7 Å². The fourth-order valence-electron chi connectivity index (χ4n) is 3.93. The molecule has 0 atom stereocenters. The third kappa shape index (κ3) is 7.32. The van der Waals surface area contributed by atoms with Gasteiger partial charge in [-0.1, -0.05) is 0 Å². The summed E-state index contributed by atoms with van der Waals surface area (Å²) in [6, 6.07) is 6.48. The first-order valence-electron chi connectivity index (χ1n) is 12.2. The summed E-state index contributed by atoms with van der Waals surface area (Å²) < 4.78 is 65.8. The molecule has 0 unspecified atom stereocenters. The van der Waals surface area contributed by atoms with Crippen LogP contribution in [0.4, 0.5) is 36.4 Å². The Morgan fingerprint density at radius 2 is 1.77 bits per heavy atom. The van der Waals surface area contributed by atoms with Crippen LogP contribution in [0.1, 0.15) is 34.5 Å². The number of nitrogens with one attached hydrogen (secondary N) is 4. The number of hydrogen-bond donors (Lipinski definition) is 4. The number of piperidine rings is 1. The van der Waals surface area contributed by atoms with Gasteiger partial charge in [0.1, 0.15) is 17.1 Å².